The molecule has 4 nitrogen and oxygen atoms in total. The van der Waals surface area contributed by atoms with E-state index in [-0.39, 0.29) is 11.6 Å². The summed E-state index contributed by atoms with van der Waals surface area (Å²) in [7, 11) is 1.28. The van der Waals surface area contributed by atoms with Crippen molar-refractivity contribution in [2.24, 2.45) is 0 Å². The number of nitrogens with two attached hydrogens (primary N) is 1. The fourth-order valence-corrected chi connectivity index (χ4v) is 0.877. The summed E-state index contributed by atoms with van der Waals surface area (Å²) in [5.41, 5.74) is 3.75. The number of aromatic nitrogens is 1. The van der Waals surface area contributed by atoms with Crippen LogP contribution in [0.5, 0.6) is 5.88 Å². The molecule has 0 bridgehead atoms. The van der Waals surface area contributed by atoms with Crippen LogP contribution >= 0.6 is 0 Å². The second kappa shape index (κ2) is 3.42. The average molecular weight is 190 g/mol. The zero-order valence-corrected chi connectivity index (χ0v) is 6.80. The Labute approximate surface area is 72.3 Å². The van der Waals surface area contributed by atoms with Crippen LogP contribution in [-0.4, -0.2) is 12.1 Å². The summed E-state index contributed by atoms with van der Waals surface area (Å²) >= 11 is 0. The van der Waals surface area contributed by atoms with Crippen molar-refractivity contribution in [3.05, 3.63) is 22.0 Å². The first-order valence-corrected chi connectivity index (χ1v) is 3.41. The normalized spacial score (nSPS) is 10.5. The molecule has 0 aliphatic heterocycles. The Kier molecular flexibility index (Phi) is 2.50. The molecule has 1 rings (SSSR count). The third-order valence-electron chi connectivity index (χ3n) is 1.50. The lowest BCUT2D eigenvalue weighted by Gasteiger charge is -2.05. The van der Waals surface area contributed by atoms with E-state index in [1.54, 1.807) is 0 Å². The van der Waals surface area contributed by atoms with E-state index in [0.29, 0.717) is 0 Å². The van der Waals surface area contributed by atoms with Gasteiger partial charge in [0.05, 0.1) is 18.4 Å². The molecular weight excluding hydrogens is 182 g/mol. The van der Waals surface area contributed by atoms with Gasteiger partial charge in [-0.05, 0) is 6.07 Å². The van der Waals surface area contributed by atoms with Crippen LogP contribution in [0.2, 0.25) is 0 Å². The molecule has 0 aliphatic rings. The molecule has 0 amide bonds. The number of hydrogen-bond acceptors (Lipinski definition) is 3. The molecular formula is C7H8F2N2O2. The van der Waals surface area contributed by atoms with Crippen LogP contribution in [0.1, 0.15) is 12.0 Å². The molecule has 72 valence electrons. The summed E-state index contributed by atoms with van der Waals surface area (Å²) in [4.78, 5) is 13.0. The number of hydrogen-bond donors (Lipinski definition) is 2. The minimum Gasteiger partial charge on any atom is -0.481 e. The molecule has 1 heterocycles. The number of aromatic amines is 1. The number of pyridine rings is 1. The third kappa shape index (κ3) is 1.77. The van der Waals surface area contributed by atoms with Crippen LogP contribution < -0.4 is 16.0 Å². The first-order valence-electron chi connectivity index (χ1n) is 3.41. The van der Waals surface area contributed by atoms with Crippen LogP contribution in [0.4, 0.5) is 14.5 Å². The highest BCUT2D eigenvalue weighted by atomic mass is 19.3. The van der Waals surface area contributed by atoms with E-state index in [0.717, 1.165) is 6.07 Å². The van der Waals surface area contributed by atoms with E-state index in [1.165, 1.54) is 7.11 Å². The highest BCUT2D eigenvalue weighted by molar-refractivity contribution is 5.49. The highest BCUT2D eigenvalue weighted by Gasteiger charge is 2.14. The maximum Gasteiger partial charge on any atom is 0.269 e. The average Bonchev–Trinajstić information content (AvgIpc) is 2.07. The van der Waals surface area contributed by atoms with E-state index in [2.05, 4.69) is 9.72 Å². The fourth-order valence-electron chi connectivity index (χ4n) is 0.877. The summed E-state index contributed by atoms with van der Waals surface area (Å²) in [5, 5.41) is 0. The summed E-state index contributed by atoms with van der Waals surface area (Å²) in [6.45, 7) is 0. The summed E-state index contributed by atoms with van der Waals surface area (Å²) in [5.74, 6) is -0.00519. The molecule has 1 aromatic rings. The molecule has 0 atom stereocenters. The third-order valence-corrected chi connectivity index (χ3v) is 1.50. The van der Waals surface area contributed by atoms with Crippen LogP contribution in [0.25, 0.3) is 0 Å². The number of nitrogen functional groups attached to an aromatic ring is 1. The number of methoxy groups -OCH3 is 1. The van der Waals surface area contributed by atoms with E-state index >= 15 is 0 Å². The lowest BCUT2D eigenvalue weighted by molar-refractivity contribution is 0.149. The van der Waals surface area contributed by atoms with Gasteiger partial charge in [0.2, 0.25) is 5.88 Å². The maximum atomic E-state index is 12.1. The number of halogens is 2. The van der Waals surface area contributed by atoms with Crippen molar-refractivity contribution in [3.8, 4) is 5.88 Å². The van der Waals surface area contributed by atoms with E-state index in [4.69, 9.17) is 5.73 Å². The Morgan fingerprint density at radius 2 is 2.23 bits per heavy atom. The van der Waals surface area contributed by atoms with Gasteiger partial charge in [-0.15, -0.1) is 0 Å². The molecule has 3 N–H and O–H groups in total. The van der Waals surface area contributed by atoms with E-state index < -0.39 is 17.5 Å². The first kappa shape index (κ1) is 9.50. The second-order valence-corrected chi connectivity index (χ2v) is 2.34. The Morgan fingerprint density at radius 1 is 1.62 bits per heavy atom. The molecule has 0 spiro atoms. The van der Waals surface area contributed by atoms with Crippen LogP contribution in [0.3, 0.4) is 0 Å². The van der Waals surface area contributed by atoms with Gasteiger partial charge in [0.25, 0.3) is 12.0 Å². The predicted molar refractivity (Wildman–Crippen MR) is 43.0 cm³/mol. The van der Waals surface area contributed by atoms with Crippen molar-refractivity contribution in [3.63, 3.8) is 0 Å². The van der Waals surface area contributed by atoms with Gasteiger partial charge in [0, 0.05) is 0 Å². The zero-order chi connectivity index (χ0) is 10.0. The number of H-pyrrole nitrogens is 1. The van der Waals surface area contributed by atoms with Crippen molar-refractivity contribution in [1.29, 1.82) is 0 Å². The standard InChI is InChI=1S/C7H8F2N2O2/c1-13-7-4(10)2-3(5(8)9)6(12)11-7/h2,5H,10H2,1H3,(H,11,12). The Bertz CT molecular complexity index is 362. The van der Waals surface area contributed by atoms with Gasteiger partial charge in [-0.25, -0.2) is 8.78 Å². The molecule has 0 fully saturated rings. The van der Waals surface area contributed by atoms with Crippen molar-refractivity contribution in [1.82, 2.24) is 4.98 Å². The van der Waals surface area contributed by atoms with Crippen molar-refractivity contribution < 1.29 is 13.5 Å². The van der Waals surface area contributed by atoms with Gasteiger partial charge in [0.1, 0.15) is 0 Å². The minimum atomic E-state index is -2.84. The van der Waals surface area contributed by atoms with Gasteiger partial charge >= 0.3 is 0 Å². The molecule has 0 saturated heterocycles. The Morgan fingerprint density at radius 3 is 2.69 bits per heavy atom. The SMILES string of the molecule is COc1[nH]c(=O)c(C(F)F)cc1N. The molecule has 0 aromatic carbocycles. The molecule has 13 heavy (non-hydrogen) atoms. The van der Waals surface area contributed by atoms with E-state index in [1.807, 2.05) is 0 Å². The number of alkyl halides is 2. The molecule has 1 aromatic heterocycles. The summed E-state index contributed by atoms with van der Waals surface area (Å²) < 4.78 is 28.9. The fraction of sp³-hybridized carbons (Fsp3) is 0.286. The topological polar surface area (TPSA) is 68.1 Å². The quantitative estimate of drug-likeness (QED) is 0.728. The lowest BCUT2D eigenvalue weighted by Crippen LogP contribution is -2.15. The largest absolute Gasteiger partial charge is 0.481 e. The van der Waals surface area contributed by atoms with Gasteiger partial charge in [-0.2, -0.15) is 0 Å². The molecule has 0 unspecified atom stereocenters. The summed E-state index contributed by atoms with van der Waals surface area (Å²) in [6.07, 6.45) is -2.84. The number of rotatable bonds is 2. The molecule has 0 saturated carbocycles. The number of nitrogens with one attached hydrogen (secondary N) is 1. The van der Waals surface area contributed by atoms with Gasteiger partial charge in [-0.1, -0.05) is 0 Å². The Hall–Kier alpha value is -1.59. The zero-order valence-electron chi connectivity index (χ0n) is 6.80. The first-order chi connectivity index (χ1) is 6.06. The number of anilines is 1. The minimum absolute atomic E-state index is 0.00519. The van der Waals surface area contributed by atoms with Crippen LogP contribution in [0, 0.1) is 0 Å². The molecule has 6 heteroatoms. The Balaban J connectivity index is 3.29. The predicted octanol–water partition coefficient (Wildman–Crippen LogP) is 0.903. The van der Waals surface area contributed by atoms with Crippen LogP contribution in [0.15, 0.2) is 10.9 Å². The van der Waals surface area contributed by atoms with Crippen molar-refractivity contribution in [2.45, 2.75) is 6.43 Å². The maximum absolute atomic E-state index is 12.1. The smallest absolute Gasteiger partial charge is 0.269 e. The van der Waals surface area contributed by atoms with Gasteiger partial charge in [-0.3, -0.25) is 9.78 Å². The number of ether oxygens (including phenoxy) is 1. The molecule has 0 radical (unpaired) electrons. The van der Waals surface area contributed by atoms with E-state index in [9.17, 15) is 13.6 Å². The summed E-state index contributed by atoms with van der Waals surface area (Å²) in [6, 6.07) is 0.905. The van der Waals surface area contributed by atoms with Crippen molar-refractivity contribution >= 4 is 5.69 Å². The second-order valence-electron chi connectivity index (χ2n) is 2.34. The highest BCUT2D eigenvalue weighted by Crippen LogP contribution is 2.21. The van der Waals surface area contributed by atoms with Crippen LogP contribution in [-0.2, 0) is 0 Å². The monoisotopic (exact) mass is 190 g/mol. The van der Waals surface area contributed by atoms with Gasteiger partial charge in [0.15, 0.2) is 0 Å². The van der Waals surface area contributed by atoms with Gasteiger partial charge < -0.3 is 10.5 Å². The lowest BCUT2D eigenvalue weighted by atomic mass is 10.2. The van der Waals surface area contributed by atoms with Crippen molar-refractivity contribution in [2.75, 3.05) is 12.8 Å². The molecule has 0 aliphatic carbocycles.